The largest absolute Gasteiger partial charge is 0.444 e. The summed E-state index contributed by atoms with van der Waals surface area (Å²) >= 11 is 0. The van der Waals surface area contributed by atoms with Crippen LogP contribution in [0.25, 0.3) is 0 Å². The smallest absolute Gasteiger partial charge is 0.408 e. The van der Waals surface area contributed by atoms with Crippen molar-refractivity contribution < 1.29 is 30.9 Å². The molecule has 8 nitrogen and oxygen atoms in total. The van der Waals surface area contributed by atoms with Crippen molar-refractivity contribution in [3.05, 3.63) is 35.1 Å². The summed E-state index contributed by atoms with van der Waals surface area (Å²) in [6, 6.07) is 4.74. The van der Waals surface area contributed by atoms with Crippen LogP contribution in [0.5, 0.6) is 0 Å². The molecule has 0 heterocycles. The van der Waals surface area contributed by atoms with Gasteiger partial charge in [-0.15, -0.1) is 0 Å². The van der Waals surface area contributed by atoms with E-state index in [1.165, 1.54) is 12.1 Å². The van der Waals surface area contributed by atoms with Gasteiger partial charge in [-0.25, -0.2) is 9.18 Å². The minimum atomic E-state index is -3.71. The van der Waals surface area contributed by atoms with Crippen molar-refractivity contribution in [1.82, 2.24) is 5.32 Å². The monoisotopic (exact) mass is 516 g/mol. The second-order valence-electron chi connectivity index (χ2n) is 10.7. The number of ether oxygens (including phenoxy) is 1. The molecule has 1 aromatic rings. The normalized spacial score (nSPS) is 14.7. The zero-order valence-electron chi connectivity index (χ0n) is 21.5. The highest BCUT2D eigenvalue weighted by atomic mass is 32.2. The minimum Gasteiger partial charge on any atom is -0.444 e. The average Bonchev–Trinajstić information content (AvgIpc) is 2.61. The number of hydrogen-bond donors (Lipinski definition) is 1. The van der Waals surface area contributed by atoms with Crippen LogP contribution in [0.3, 0.4) is 0 Å². The summed E-state index contributed by atoms with van der Waals surface area (Å²) in [4.78, 5) is 12.7. The van der Waals surface area contributed by atoms with Gasteiger partial charge >= 0.3 is 6.09 Å². The number of nitriles is 1. The maximum Gasteiger partial charge on any atom is 0.408 e. The molecule has 192 valence electrons. The number of nitrogens with one attached hydrogen (secondary N) is 1. The van der Waals surface area contributed by atoms with E-state index in [1.807, 2.05) is 39.9 Å². The van der Waals surface area contributed by atoms with Crippen LogP contribution in [-0.4, -0.2) is 47.4 Å². The predicted molar refractivity (Wildman–Crippen MR) is 131 cm³/mol. The lowest BCUT2D eigenvalue weighted by Crippen LogP contribution is -2.49. The van der Waals surface area contributed by atoms with Crippen molar-refractivity contribution in [2.24, 2.45) is 0 Å². The van der Waals surface area contributed by atoms with Crippen LogP contribution in [0.4, 0.5) is 9.18 Å². The summed E-state index contributed by atoms with van der Waals surface area (Å²) in [6.45, 7) is 15.1. The van der Waals surface area contributed by atoms with Crippen LogP contribution in [0.1, 0.15) is 65.1 Å². The van der Waals surface area contributed by atoms with Gasteiger partial charge in [-0.05, 0) is 69.1 Å². The molecule has 1 amide bonds. The van der Waals surface area contributed by atoms with Crippen molar-refractivity contribution in [1.29, 1.82) is 5.26 Å². The number of nitrogens with zero attached hydrogens (tertiary/aromatic N) is 1. The van der Waals surface area contributed by atoms with E-state index in [9.17, 15) is 22.9 Å². The molecule has 0 saturated carbocycles. The van der Waals surface area contributed by atoms with E-state index in [0.29, 0.717) is 5.56 Å². The molecule has 0 aliphatic heterocycles. The van der Waals surface area contributed by atoms with E-state index in [-0.39, 0.29) is 23.6 Å². The highest BCUT2D eigenvalue weighted by molar-refractivity contribution is 7.85. The summed E-state index contributed by atoms with van der Waals surface area (Å²) in [5.74, 6) is -0.650. The fraction of sp³-hybridized carbons (Fsp3) is 0.652. The lowest BCUT2D eigenvalue weighted by Gasteiger charge is -2.41. The molecule has 34 heavy (non-hydrogen) atoms. The van der Waals surface area contributed by atoms with Gasteiger partial charge in [-0.3, -0.25) is 4.18 Å². The van der Waals surface area contributed by atoms with Crippen molar-refractivity contribution in [3.63, 3.8) is 0 Å². The third kappa shape index (κ3) is 10.1. The standard InChI is InChI=1S/C23H37FN2O6SSi/c1-22(2,3)31-21(27)26-20(17-12-16(15-25)13-18(24)14-17)19(10-11-30-33(7,28)29)32-34(8,9)23(4,5)6/h12-14,19-20H,10-11H2,1-9H3,(H,26,27)/t19-,20?/m1/s1. The van der Waals surface area contributed by atoms with Crippen molar-refractivity contribution in [3.8, 4) is 6.07 Å². The Morgan fingerprint density at radius 2 is 1.76 bits per heavy atom. The first kappa shape index (κ1) is 30.0. The molecule has 1 unspecified atom stereocenters. The number of benzene rings is 1. The molecule has 0 radical (unpaired) electrons. The Hall–Kier alpha value is -2.00. The van der Waals surface area contributed by atoms with Crippen LogP contribution in [-0.2, 0) is 23.5 Å². The number of hydrogen-bond acceptors (Lipinski definition) is 7. The molecular formula is C23H37FN2O6SSi. The molecule has 1 rings (SSSR count). The number of amides is 1. The van der Waals surface area contributed by atoms with Crippen molar-refractivity contribution >= 4 is 24.5 Å². The third-order valence-corrected chi connectivity index (χ3v) is 10.5. The molecular weight excluding hydrogens is 479 g/mol. The fourth-order valence-electron chi connectivity index (χ4n) is 2.85. The average molecular weight is 517 g/mol. The van der Waals surface area contributed by atoms with Gasteiger partial charge in [-0.1, -0.05) is 20.8 Å². The van der Waals surface area contributed by atoms with E-state index < -0.39 is 48.1 Å². The molecule has 11 heteroatoms. The second kappa shape index (κ2) is 11.2. The molecule has 2 atom stereocenters. The van der Waals surface area contributed by atoms with E-state index >= 15 is 0 Å². The van der Waals surface area contributed by atoms with Gasteiger partial charge in [0, 0.05) is 0 Å². The topological polar surface area (TPSA) is 115 Å². The maximum atomic E-state index is 14.4. The van der Waals surface area contributed by atoms with Crippen LogP contribution in [0.2, 0.25) is 18.1 Å². The molecule has 0 aliphatic carbocycles. The van der Waals surface area contributed by atoms with Crippen LogP contribution in [0.15, 0.2) is 18.2 Å². The highest BCUT2D eigenvalue weighted by Crippen LogP contribution is 2.39. The summed E-state index contributed by atoms with van der Waals surface area (Å²) in [5, 5.41) is 11.9. The first-order chi connectivity index (χ1) is 15.2. The van der Waals surface area contributed by atoms with Gasteiger partial charge < -0.3 is 14.5 Å². The van der Waals surface area contributed by atoms with E-state index in [4.69, 9.17) is 13.3 Å². The van der Waals surface area contributed by atoms with Crippen LogP contribution < -0.4 is 5.32 Å². The van der Waals surface area contributed by atoms with Gasteiger partial charge in [0.15, 0.2) is 8.32 Å². The molecule has 0 aliphatic rings. The van der Waals surface area contributed by atoms with Crippen molar-refractivity contribution in [2.75, 3.05) is 12.9 Å². The van der Waals surface area contributed by atoms with Crippen LogP contribution >= 0.6 is 0 Å². The Morgan fingerprint density at radius 3 is 2.24 bits per heavy atom. The molecule has 0 bridgehead atoms. The van der Waals surface area contributed by atoms with Crippen molar-refractivity contribution in [2.45, 2.75) is 83.8 Å². The Kier molecular flexibility index (Phi) is 9.85. The summed E-state index contributed by atoms with van der Waals surface area (Å²) in [5.41, 5.74) is -0.418. The summed E-state index contributed by atoms with van der Waals surface area (Å²) in [7, 11) is -6.15. The fourth-order valence-corrected chi connectivity index (χ4v) is 4.61. The Balaban J connectivity index is 3.52. The first-order valence-corrected chi connectivity index (χ1v) is 15.7. The minimum absolute atomic E-state index is 0.0736. The van der Waals surface area contributed by atoms with E-state index in [0.717, 1.165) is 12.3 Å². The quantitative estimate of drug-likeness (QED) is 0.362. The molecule has 0 spiro atoms. The SMILES string of the molecule is CC(C)(C)OC(=O)NC(c1cc(F)cc(C#N)c1)[C@@H](CCOS(C)(=O)=O)O[Si](C)(C)C(C)(C)C. The number of carbonyl (C=O) groups is 1. The van der Waals surface area contributed by atoms with E-state index in [1.54, 1.807) is 20.8 Å². The number of alkyl carbamates (subject to hydrolysis) is 1. The summed E-state index contributed by atoms with van der Waals surface area (Å²) in [6.07, 6.45) is -0.520. The lowest BCUT2D eigenvalue weighted by atomic mass is 9.97. The highest BCUT2D eigenvalue weighted by Gasteiger charge is 2.41. The van der Waals surface area contributed by atoms with Gasteiger partial charge in [0.25, 0.3) is 10.1 Å². The Bertz CT molecular complexity index is 1010. The third-order valence-electron chi connectivity index (χ3n) is 5.40. The number of halogens is 1. The van der Waals surface area contributed by atoms with Crippen LogP contribution in [0, 0.1) is 17.1 Å². The number of carbonyl (C=O) groups excluding carboxylic acids is 1. The molecule has 1 N–H and O–H groups in total. The first-order valence-electron chi connectivity index (χ1n) is 11.0. The second-order valence-corrected chi connectivity index (χ2v) is 17.1. The van der Waals surface area contributed by atoms with Gasteiger partial charge in [0.2, 0.25) is 0 Å². The lowest BCUT2D eigenvalue weighted by molar-refractivity contribution is 0.0409. The molecule has 0 fully saturated rings. The molecule has 1 aromatic carbocycles. The molecule has 0 aromatic heterocycles. The summed E-state index contributed by atoms with van der Waals surface area (Å²) < 4.78 is 54.3. The predicted octanol–water partition coefficient (Wildman–Crippen LogP) is 5.02. The molecule has 0 saturated heterocycles. The zero-order chi connectivity index (χ0) is 26.5. The Labute approximate surface area is 204 Å². The van der Waals surface area contributed by atoms with Gasteiger partial charge in [0.1, 0.15) is 11.4 Å². The number of rotatable bonds is 9. The maximum absolute atomic E-state index is 14.4. The Morgan fingerprint density at radius 1 is 1.18 bits per heavy atom. The van der Waals surface area contributed by atoms with E-state index in [2.05, 4.69) is 5.32 Å². The van der Waals surface area contributed by atoms with Gasteiger partial charge in [0.05, 0.1) is 36.6 Å². The zero-order valence-corrected chi connectivity index (χ0v) is 23.3. The van der Waals surface area contributed by atoms with Gasteiger partial charge in [-0.2, -0.15) is 13.7 Å².